The van der Waals surface area contributed by atoms with E-state index in [0.717, 1.165) is 12.8 Å². The first-order chi connectivity index (χ1) is 18.1. The molecule has 2 aromatic carbocycles. The Morgan fingerprint density at radius 3 is 2.49 bits per heavy atom. The van der Waals surface area contributed by atoms with Crippen LogP contribution in [0.1, 0.15) is 41.0 Å². The first kappa shape index (κ1) is 26.4. The summed E-state index contributed by atoms with van der Waals surface area (Å²) in [6.07, 6.45) is 1.80. The first-order valence-electron chi connectivity index (χ1n) is 12.4. The molecule has 4 rings (SSSR count). The van der Waals surface area contributed by atoms with Gasteiger partial charge in [0, 0.05) is 18.8 Å². The fourth-order valence-corrected chi connectivity index (χ4v) is 4.85. The van der Waals surface area contributed by atoms with Crippen LogP contribution in [0.2, 0.25) is 0 Å². The van der Waals surface area contributed by atoms with Crippen molar-refractivity contribution in [2.75, 3.05) is 31.2 Å². The van der Waals surface area contributed by atoms with E-state index in [9.17, 15) is 14.4 Å². The van der Waals surface area contributed by atoms with Crippen LogP contribution in [-0.2, 0) is 14.3 Å². The summed E-state index contributed by atoms with van der Waals surface area (Å²) in [7, 11) is 0. The molecule has 0 unspecified atom stereocenters. The second kappa shape index (κ2) is 13.0. The Balaban J connectivity index is 1.63. The van der Waals surface area contributed by atoms with Crippen LogP contribution in [0.25, 0.3) is 0 Å². The maximum absolute atomic E-state index is 13.7. The lowest BCUT2D eigenvalue weighted by Crippen LogP contribution is -2.48. The van der Waals surface area contributed by atoms with Gasteiger partial charge < -0.3 is 20.1 Å². The van der Waals surface area contributed by atoms with Crippen molar-refractivity contribution in [2.24, 2.45) is 0 Å². The van der Waals surface area contributed by atoms with E-state index in [4.69, 9.17) is 9.47 Å². The van der Waals surface area contributed by atoms with Crippen molar-refractivity contribution in [1.82, 2.24) is 10.6 Å². The highest BCUT2D eigenvalue weighted by Crippen LogP contribution is 2.30. The van der Waals surface area contributed by atoms with Gasteiger partial charge in [-0.05, 0) is 61.0 Å². The number of carbonyl (C=O) groups is 3. The molecular formula is C28H31N3O5S. The molecule has 2 atom stereocenters. The molecule has 0 bridgehead atoms. The number of rotatable bonds is 11. The summed E-state index contributed by atoms with van der Waals surface area (Å²) < 4.78 is 11.2. The summed E-state index contributed by atoms with van der Waals surface area (Å²) in [4.78, 5) is 41.8. The molecule has 8 nitrogen and oxygen atoms in total. The predicted octanol–water partition coefficient (Wildman–Crippen LogP) is 3.95. The molecular weight excluding hydrogens is 490 g/mol. The minimum absolute atomic E-state index is 0.0416. The Bertz CT molecular complexity index is 1160. The molecule has 0 radical (unpaired) electrons. The van der Waals surface area contributed by atoms with Gasteiger partial charge in [0.2, 0.25) is 11.8 Å². The zero-order valence-corrected chi connectivity index (χ0v) is 21.5. The van der Waals surface area contributed by atoms with E-state index < -0.39 is 11.9 Å². The highest BCUT2D eigenvalue weighted by molar-refractivity contribution is 7.12. The summed E-state index contributed by atoms with van der Waals surface area (Å²) in [6, 6.07) is 18.7. The Morgan fingerprint density at radius 1 is 1.05 bits per heavy atom. The first-order valence-corrected chi connectivity index (χ1v) is 13.3. The average Bonchev–Trinajstić information content (AvgIpc) is 3.65. The van der Waals surface area contributed by atoms with Gasteiger partial charge in [0.05, 0.1) is 24.1 Å². The van der Waals surface area contributed by atoms with Crippen LogP contribution in [-0.4, -0.2) is 50.1 Å². The van der Waals surface area contributed by atoms with Crippen LogP contribution in [0, 0.1) is 0 Å². The van der Waals surface area contributed by atoms with Gasteiger partial charge in [0.25, 0.3) is 5.91 Å². The van der Waals surface area contributed by atoms with E-state index in [0.29, 0.717) is 41.6 Å². The highest BCUT2D eigenvalue weighted by atomic mass is 32.1. The molecule has 1 aromatic heterocycles. The van der Waals surface area contributed by atoms with Crippen molar-refractivity contribution in [1.29, 1.82) is 0 Å². The molecule has 1 aliphatic heterocycles. The average molecular weight is 522 g/mol. The topological polar surface area (TPSA) is 97.0 Å². The minimum Gasteiger partial charge on any atom is -0.494 e. The molecule has 0 spiro atoms. The lowest BCUT2D eigenvalue weighted by Gasteiger charge is -2.32. The summed E-state index contributed by atoms with van der Waals surface area (Å²) in [5.74, 6) is -0.429. The lowest BCUT2D eigenvalue weighted by atomic mass is 10.0. The number of carbonyl (C=O) groups excluding carboxylic acids is 3. The lowest BCUT2D eigenvalue weighted by molar-refractivity contribution is -0.126. The third-order valence-electron chi connectivity index (χ3n) is 5.99. The third-order valence-corrected chi connectivity index (χ3v) is 6.86. The van der Waals surface area contributed by atoms with Crippen LogP contribution in [0.15, 0.2) is 72.1 Å². The SMILES string of the molecule is CCOc1ccc(N(C(=O)CNC(=O)c2cccs2)[C@@H](C(=O)NC[C@H]2CCCO2)c2ccccc2)cc1. The zero-order chi connectivity index (χ0) is 26.0. The van der Waals surface area contributed by atoms with Crippen molar-refractivity contribution < 1.29 is 23.9 Å². The summed E-state index contributed by atoms with van der Waals surface area (Å²) >= 11 is 1.29. The smallest absolute Gasteiger partial charge is 0.261 e. The van der Waals surface area contributed by atoms with E-state index in [1.54, 1.807) is 41.8 Å². The number of hydrogen-bond donors (Lipinski definition) is 2. The number of benzene rings is 2. The molecule has 37 heavy (non-hydrogen) atoms. The van der Waals surface area contributed by atoms with Gasteiger partial charge in [-0.25, -0.2) is 0 Å². The summed E-state index contributed by atoms with van der Waals surface area (Å²) in [6.45, 7) is 3.18. The van der Waals surface area contributed by atoms with Crippen LogP contribution in [0.5, 0.6) is 5.75 Å². The third kappa shape index (κ3) is 6.96. The van der Waals surface area contributed by atoms with Crippen LogP contribution in [0.4, 0.5) is 5.69 Å². The summed E-state index contributed by atoms with van der Waals surface area (Å²) in [5, 5.41) is 7.47. The second-order valence-corrected chi connectivity index (χ2v) is 9.49. The van der Waals surface area contributed by atoms with E-state index in [2.05, 4.69) is 10.6 Å². The van der Waals surface area contributed by atoms with Crippen molar-refractivity contribution in [3.63, 3.8) is 0 Å². The molecule has 1 saturated heterocycles. The molecule has 1 fully saturated rings. The van der Waals surface area contributed by atoms with E-state index in [1.165, 1.54) is 16.2 Å². The number of amides is 3. The zero-order valence-electron chi connectivity index (χ0n) is 20.7. The van der Waals surface area contributed by atoms with Gasteiger partial charge in [-0.1, -0.05) is 36.4 Å². The Hall–Kier alpha value is -3.69. The van der Waals surface area contributed by atoms with Crippen molar-refractivity contribution in [3.8, 4) is 5.75 Å². The van der Waals surface area contributed by atoms with Gasteiger partial charge in [-0.3, -0.25) is 19.3 Å². The Kier molecular flexibility index (Phi) is 9.29. The minimum atomic E-state index is -0.952. The highest BCUT2D eigenvalue weighted by Gasteiger charge is 2.33. The largest absolute Gasteiger partial charge is 0.494 e. The number of thiophene rings is 1. The maximum atomic E-state index is 13.7. The molecule has 3 aromatic rings. The quantitative estimate of drug-likeness (QED) is 0.398. The fraction of sp³-hybridized carbons (Fsp3) is 0.321. The number of nitrogens with one attached hydrogen (secondary N) is 2. The Morgan fingerprint density at radius 2 is 1.84 bits per heavy atom. The van der Waals surface area contributed by atoms with E-state index in [1.807, 2.05) is 37.3 Å². The van der Waals surface area contributed by atoms with Gasteiger partial charge >= 0.3 is 0 Å². The van der Waals surface area contributed by atoms with Gasteiger partial charge in [-0.15, -0.1) is 11.3 Å². The van der Waals surface area contributed by atoms with Crippen molar-refractivity contribution >= 4 is 34.7 Å². The van der Waals surface area contributed by atoms with Gasteiger partial charge in [0.15, 0.2) is 0 Å². The standard InChI is InChI=1S/C28H31N3O5S/c1-2-35-22-14-12-21(13-15-22)31(25(32)19-30-27(33)24-11-7-17-37-24)26(20-8-4-3-5-9-20)28(34)29-18-23-10-6-16-36-23/h3-5,7-9,11-15,17,23,26H,2,6,10,16,18-19H2,1H3,(H,29,34)(H,30,33)/t23-,26-/m1/s1. The second-order valence-electron chi connectivity index (χ2n) is 8.54. The molecule has 194 valence electrons. The number of anilines is 1. The number of ether oxygens (including phenoxy) is 2. The molecule has 2 N–H and O–H groups in total. The molecule has 0 saturated carbocycles. The van der Waals surface area contributed by atoms with Crippen LogP contribution < -0.4 is 20.3 Å². The number of hydrogen-bond acceptors (Lipinski definition) is 6. The number of nitrogens with zero attached hydrogens (tertiary/aromatic N) is 1. The van der Waals surface area contributed by atoms with E-state index in [-0.39, 0.29) is 24.5 Å². The maximum Gasteiger partial charge on any atom is 0.261 e. The Labute approximate surface area is 220 Å². The van der Waals surface area contributed by atoms with Gasteiger partial charge in [0.1, 0.15) is 11.8 Å². The molecule has 9 heteroatoms. The van der Waals surface area contributed by atoms with Crippen molar-refractivity contribution in [3.05, 3.63) is 82.6 Å². The molecule has 2 heterocycles. The normalized spacial score (nSPS) is 15.5. The summed E-state index contributed by atoms with van der Waals surface area (Å²) in [5.41, 5.74) is 1.17. The van der Waals surface area contributed by atoms with Crippen molar-refractivity contribution in [2.45, 2.75) is 31.9 Å². The van der Waals surface area contributed by atoms with Crippen LogP contribution >= 0.6 is 11.3 Å². The molecule has 0 aliphatic carbocycles. The van der Waals surface area contributed by atoms with E-state index >= 15 is 0 Å². The molecule has 1 aliphatic rings. The molecule has 3 amide bonds. The van der Waals surface area contributed by atoms with Crippen LogP contribution in [0.3, 0.4) is 0 Å². The predicted molar refractivity (Wildman–Crippen MR) is 143 cm³/mol. The fourth-order valence-electron chi connectivity index (χ4n) is 4.21. The van der Waals surface area contributed by atoms with Gasteiger partial charge in [-0.2, -0.15) is 0 Å². The monoisotopic (exact) mass is 521 g/mol.